The molecular weight excluding hydrogens is 1010 g/mol. The number of hydrogen-bond acceptors (Lipinski definition) is 8. The Morgan fingerprint density at radius 3 is 1.78 bits per heavy atom. The Hall–Kier alpha value is -5.36. The van der Waals surface area contributed by atoms with Crippen molar-refractivity contribution in [3.05, 3.63) is 155 Å². The third-order valence-corrected chi connectivity index (χ3v) is 19.9. The highest BCUT2D eigenvalue weighted by Gasteiger charge is 2.49. The van der Waals surface area contributed by atoms with E-state index in [-0.39, 0.29) is 78.1 Å². The molecule has 4 aliphatic rings. The minimum absolute atomic E-state index is 0.0259. The van der Waals surface area contributed by atoms with Gasteiger partial charge in [-0.3, -0.25) is 9.59 Å². The number of carbonyl (C=O) groups excluding carboxylic acids is 3. The zero-order valence-electron chi connectivity index (χ0n) is 45.4. The number of nitrogens with two attached hydrogens (primary N) is 1. The van der Waals surface area contributed by atoms with Gasteiger partial charge in [0.05, 0.1) is 19.1 Å². The Balaban J connectivity index is 0.000000198. The van der Waals surface area contributed by atoms with E-state index in [1.807, 2.05) is 81.4 Å². The van der Waals surface area contributed by atoms with Gasteiger partial charge in [0.15, 0.2) is 8.32 Å². The van der Waals surface area contributed by atoms with Crippen molar-refractivity contribution < 1.29 is 46.2 Å². The molecule has 3 heterocycles. The zero-order valence-corrected chi connectivity index (χ0v) is 47.2. The number of carbonyl (C=O) groups is 3. The Morgan fingerprint density at radius 2 is 1.30 bits per heavy atom. The first-order valence-electron chi connectivity index (χ1n) is 26.1. The van der Waals surface area contributed by atoms with Crippen LogP contribution < -0.4 is 11.1 Å². The van der Waals surface area contributed by atoms with Crippen LogP contribution in [0.4, 0.5) is 27.2 Å². The largest absolute Gasteiger partial charge is 0.460 e. The minimum atomic E-state index is -2.18. The number of aliphatic hydroxyl groups is 1. The molecule has 0 spiro atoms. The normalized spacial score (nSPS) is 22.8. The predicted molar refractivity (Wildman–Crippen MR) is 295 cm³/mol. The lowest BCUT2D eigenvalue weighted by Crippen LogP contribution is -2.56. The number of ether oxygens (including phenoxy) is 1. The summed E-state index contributed by atoms with van der Waals surface area (Å²) in [5.41, 5.74) is 5.96. The second kappa shape index (κ2) is 25.0. The Labute approximate surface area is 452 Å². The number of amides is 3. The number of urea groups is 1. The van der Waals surface area contributed by atoms with Crippen molar-refractivity contribution in [2.24, 2.45) is 11.7 Å². The predicted octanol–water partition coefficient (Wildman–Crippen LogP) is 12.1. The highest BCUT2D eigenvalue weighted by Crippen LogP contribution is 2.45. The van der Waals surface area contributed by atoms with Crippen molar-refractivity contribution in [2.75, 3.05) is 46.4 Å². The minimum Gasteiger partial charge on any atom is -0.460 e. The van der Waals surface area contributed by atoms with Gasteiger partial charge >= 0.3 is 17.4 Å². The monoisotopic (exact) mass is 1090 g/mol. The molecule has 2 fully saturated rings. The highest BCUT2D eigenvalue weighted by atomic mass is 35.5. The molecule has 5 atom stereocenters. The van der Waals surface area contributed by atoms with Gasteiger partial charge in [0.2, 0.25) is 0 Å². The molecule has 8 rings (SSSR count). The number of benzene rings is 4. The van der Waals surface area contributed by atoms with Gasteiger partial charge in [0.25, 0.3) is 0 Å². The quantitative estimate of drug-likeness (QED) is 0.0469. The molecule has 0 aromatic heterocycles. The molecule has 1 saturated carbocycles. The standard InChI is InChI=1S/C24H28ClF2NO2Si.C24H27F2N3O2.C11H21NO2/c1-23(2,3)31(4,5)30-16-24(18-9-7-6-8-10-18)14-17(15-28(24)22(25)29)20-13-19(26)11-12-21(20)27;1-28(20-8-5-11-27-14-20)23(31)29-15-17(21-12-19(25)9-10-22(21)26)13-24(29,16-30)18-6-3-2-4-7-18;1-11(2,3)14-10(13)8-5-4-6-9(12)7-8/h6-14H,15-16H2,1-5H3;2-4,6-7,9-10,12-13,20,27,30H,5,8,11,14-16H2,1H3;8-9H,4-7,12H2,1-3H3. The summed E-state index contributed by atoms with van der Waals surface area (Å²) in [7, 11) is -0.424. The summed E-state index contributed by atoms with van der Waals surface area (Å²) in [6.07, 6.45) is 9.17. The zero-order chi connectivity index (χ0) is 55.8. The van der Waals surface area contributed by atoms with Gasteiger partial charge in [0.1, 0.15) is 39.9 Å². The SMILES string of the molecule is CC(C)(C)OC(=O)C1CCCC(N)C1.CC(C)(C)[Si](C)(C)OCC1(c2ccccc2)C=C(c2cc(F)ccc2F)CN1C(=O)Cl.CN(C(=O)N1CC(c2cc(F)ccc2F)=CC1(CO)c1ccccc1)C1CCCNC1. The number of nitrogens with one attached hydrogen (secondary N) is 1. The molecule has 3 aliphatic heterocycles. The van der Waals surface area contributed by atoms with E-state index in [1.54, 1.807) is 29.0 Å². The molecule has 76 heavy (non-hydrogen) atoms. The molecule has 0 radical (unpaired) electrons. The van der Waals surface area contributed by atoms with Crippen molar-refractivity contribution >= 4 is 48.4 Å². The van der Waals surface area contributed by atoms with Gasteiger partial charge in [0, 0.05) is 49.9 Å². The topological polar surface area (TPSA) is 138 Å². The van der Waals surface area contributed by atoms with Crippen molar-refractivity contribution in [1.29, 1.82) is 0 Å². The highest BCUT2D eigenvalue weighted by molar-refractivity contribution is 6.74. The van der Waals surface area contributed by atoms with E-state index in [4.69, 9.17) is 26.5 Å². The van der Waals surface area contributed by atoms with Gasteiger partial charge in [-0.05, 0) is 160 Å². The number of piperidine rings is 1. The number of nitrogens with zero attached hydrogens (tertiary/aromatic N) is 3. The first kappa shape index (κ1) is 59.9. The van der Waals surface area contributed by atoms with E-state index < -0.39 is 48.0 Å². The lowest BCUT2D eigenvalue weighted by molar-refractivity contribution is -0.161. The van der Waals surface area contributed by atoms with Gasteiger partial charge in [-0.15, -0.1) is 0 Å². The summed E-state index contributed by atoms with van der Waals surface area (Å²) in [5, 5.41) is 13.1. The fourth-order valence-corrected chi connectivity index (χ4v) is 11.1. The second-order valence-electron chi connectivity index (χ2n) is 22.9. The fourth-order valence-electron chi connectivity index (χ4n) is 9.92. The van der Waals surface area contributed by atoms with Crippen molar-refractivity contribution in [1.82, 2.24) is 20.0 Å². The maximum Gasteiger partial charge on any atom is 0.321 e. The molecule has 4 N–H and O–H groups in total. The molecule has 17 heteroatoms. The van der Waals surface area contributed by atoms with E-state index in [9.17, 15) is 37.1 Å². The van der Waals surface area contributed by atoms with E-state index in [2.05, 4.69) is 39.2 Å². The van der Waals surface area contributed by atoms with Crippen LogP contribution in [0.15, 0.2) is 109 Å². The molecule has 412 valence electrons. The maximum atomic E-state index is 14.6. The van der Waals surface area contributed by atoms with E-state index in [1.165, 1.54) is 4.90 Å². The molecule has 1 aliphatic carbocycles. The molecule has 4 aromatic carbocycles. The smallest absolute Gasteiger partial charge is 0.321 e. The lowest BCUT2D eigenvalue weighted by Gasteiger charge is -2.42. The van der Waals surface area contributed by atoms with Crippen LogP contribution in [0.25, 0.3) is 11.1 Å². The molecular formula is C59H76ClF4N5O6Si. The van der Waals surface area contributed by atoms with E-state index in [0.29, 0.717) is 23.3 Å². The van der Waals surface area contributed by atoms with Crippen LogP contribution in [0.5, 0.6) is 0 Å². The Kier molecular flexibility index (Phi) is 19.7. The number of halogens is 5. The van der Waals surface area contributed by atoms with Gasteiger partial charge < -0.3 is 40.0 Å². The van der Waals surface area contributed by atoms with Crippen LogP contribution in [0.1, 0.15) is 102 Å². The van der Waals surface area contributed by atoms with E-state index in [0.717, 1.165) is 87.0 Å². The number of rotatable bonds is 10. The fraction of sp³-hybridized carbons (Fsp3) is 0.475. The lowest BCUT2D eigenvalue weighted by atomic mass is 9.86. The van der Waals surface area contributed by atoms with Crippen molar-refractivity contribution in [3.63, 3.8) is 0 Å². The van der Waals surface area contributed by atoms with Crippen LogP contribution in [0.2, 0.25) is 18.1 Å². The molecule has 4 aromatic rings. The summed E-state index contributed by atoms with van der Waals surface area (Å²) in [6, 6.07) is 25.1. The third-order valence-electron chi connectivity index (χ3n) is 15.3. The summed E-state index contributed by atoms with van der Waals surface area (Å²) in [6.45, 7) is 17.9. The molecule has 5 unspecified atom stereocenters. The summed E-state index contributed by atoms with van der Waals surface area (Å²) in [5.74, 6) is -2.27. The van der Waals surface area contributed by atoms with Crippen LogP contribution >= 0.6 is 11.6 Å². The molecule has 0 bridgehead atoms. The van der Waals surface area contributed by atoms with Crippen LogP contribution in [-0.4, -0.2) is 110 Å². The number of esters is 1. The average molecular weight is 1090 g/mol. The summed E-state index contributed by atoms with van der Waals surface area (Å²) >= 11 is 6.02. The Morgan fingerprint density at radius 1 is 0.776 bits per heavy atom. The first-order chi connectivity index (χ1) is 35.7. The number of aliphatic hydroxyl groups excluding tert-OH is 1. The summed E-state index contributed by atoms with van der Waals surface area (Å²) in [4.78, 5) is 42.6. The molecule has 1 saturated heterocycles. The van der Waals surface area contributed by atoms with Crippen LogP contribution in [-0.2, 0) is 25.0 Å². The average Bonchev–Trinajstić information content (AvgIpc) is 3.98. The molecule has 11 nitrogen and oxygen atoms in total. The van der Waals surface area contributed by atoms with Crippen LogP contribution in [0, 0.1) is 29.2 Å². The maximum absolute atomic E-state index is 14.6. The van der Waals surface area contributed by atoms with Crippen LogP contribution in [0.3, 0.4) is 0 Å². The summed E-state index contributed by atoms with van der Waals surface area (Å²) < 4.78 is 68.8. The first-order valence-corrected chi connectivity index (χ1v) is 29.4. The Bertz CT molecular complexity index is 2720. The van der Waals surface area contributed by atoms with Gasteiger partial charge in [-0.1, -0.05) is 87.9 Å². The third kappa shape index (κ3) is 14.2. The number of likely N-dealkylation sites (N-methyl/N-ethyl adjacent to an activating group) is 1. The van der Waals surface area contributed by atoms with E-state index >= 15 is 0 Å². The van der Waals surface area contributed by atoms with Gasteiger partial charge in [-0.2, -0.15) is 0 Å². The second-order valence-corrected chi connectivity index (χ2v) is 28.0. The molecule has 3 amide bonds. The van der Waals surface area contributed by atoms with Gasteiger partial charge in [-0.25, -0.2) is 22.4 Å². The van der Waals surface area contributed by atoms with Crippen molar-refractivity contribution in [2.45, 2.75) is 127 Å². The van der Waals surface area contributed by atoms with Crippen molar-refractivity contribution in [3.8, 4) is 0 Å². The number of hydrogen-bond donors (Lipinski definition) is 3.